The lowest BCUT2D eigenvalue weighted by atomic mass is 10.8. The van der Waals surface area contributed by atoms with Crippen molar-refractivity contribution in [3.8, 4) is 0 Å². The van der Waals surface area contributed by atoms with Crippen LogP contribution in [0.3, 0.4) is 0 Å². The van der Waals surface area contributed by atoms with Gasteiger partial charge in [0.1, 0.15) is 13.2 Å². The Hall–Kier alpha value is -0.790. The molecule has 0 saturated heterocycles. The van der Waals surface area contributed by atoms with Gasteiger partial charge in [-0.1, -0.05) is 0 Å². The van der Waals surface area contributed by atoms with E-state index in [0.29, 0.717) is 12.3 Å². The van der Waals surface area contributed by atoms with Crippen LogP contribution >= 0.6 is 12.3 Å². The quantitative estimate of drug-likeness (QED) is 0.568. The summed E-state index contributed by atoms with van der Waals surface area (Å²) in [6.45, 7) is -0.371. The van der Waals surface area contributed by atoms with E-state index in [1.807, 2.05) is 0 Å². The molecule has 0 spiro atoms. The summed E-state index contributed by atoms with van der Waals surface area (Å²) in [6.07, 6.45) is 0. The Kier molecular flexibility index (Phi) is 7.36. The van der Waals surface area contributed by atoms with Gasteiger partial charge in [0, 0.05) is 14.2 Å². The zero-order valence-corrected chi connectivity index (χ0v) is 8.09. The fraction of sp³-hybridized carbons (Fsp3) is 0.667. The van der Waals surface area contributed by atoms with Crippen molar-refractivity contribution < 1.29 is 27.4 Å². The molecular formula is C6H10O6S. The molecule has 0 N–H and O–H groups in total. The third kappa shape index (κ3) is 7.57. The molecule has 0 aromatic rings. The highest BCUT2D eigenvalue weighted by Gasteiger charge is 2.07. The van der Waals surface area contributed by atoms with Crippen LogP contribution in [-0.2, 0) is 27.4 Å². The van der Waals surface area contributed by atoms with E-state index in [1.165, 1.54) is 14.2 Å². The SMILES string of the molecule is COCC(=O)OSOC(=O)COC. The van der Waals surface area contributed by atoms with E-state index in [1.54, 1.807) is 0 Å². The van der Waals surface area contributed by atoms with Crippen molar-refractivity contribution in [3.63, 3.8) is 0 Å². The van der Waals surface area contributed by atoms with Crippen molar-refractivity contribution in [2.24, 2.45) is 0 Å². The van der Waals surface area contributed by atoms with Gasteiger partial charge in [0.25, 0.3) is 12.3 Å². The average Bonchev–Trinajstić information content (AvgIpc) is 2.05. The van der Waals surface area contributed by atoms with Crippen LogP contribution in [0, 0.1) is 0 Å². The maximum Gasteiger partial charge on any atom is 0.346 e. The highest BCUT2D eigenvalue weighted by atomic mass is 32.2. The fourth-order valence-corrected chi connectivity index (χ4v) is 0.659. The molecule has 0 unspecified atom stereocenters. The van der Waals surface area contributed by atoms with Crippen LogP contribution in [-0.4, -0.2) is 39.4 Å². The smallest absolute Gasteiger partial charge is 0.346 e. The van der Waals surface area contributed by atoms with Gasteiger partial charge in [0.15, 0.2) is 0 Å². The molecule has 0 heterocycles. The molecule has 6 nitrogen and oxygen atoms in total. The molecule has 0 aromatic heterocycles. The van der Waals surface area contributed by atoms with Crippen LogP contribution in [0.2, 0.25) is 0 Å². The second-order valence-electron chi connectivity index (χ2n) is 1.84. The predicted octanol–water partition coefficient (Wildman–Crippen LogP) is -0.0712. The molecule has 0 radical (unpaired) electrons. The summed E-state index contributed by atoms with van der Waals surface area (Å²) in [7, 11) is 2.70. The Morgan fingerprint density at radius 1 is 1.00 bits per heavy atom. The molecule has 76 valence electrons. The van der Waals surface area contributed by atoms with E-state index in [0.717, 1.165) is 0 Å². The van der Waals surface area contributed by atoms with Gasteiger partial charge in [-0.15, -0.1) is 0 Å². The number of carbonyl (C=O) groups is 2. The second-order valence-corrected chi connectivity index (χ2v) is 2.31. The number of methoxy groups -OCH3 is 2. The Balaban J connectivity index is 3.33. The van der Waals surface area contributed by atoms with E-state index in [4.69, 9.17) is 0 Å². The van der Waals surface area contributed by atoms with E-state index in [2.05, 4.69) is 17.8 Å². The minimum Gasteiger partial charge on any atom is -0.373 e. The lowest BCUT2D eigenvalue weighted by Gasteiger charge is -2.00. The maximum absolute atomic E-state index is 10.6. The zero-order chi connectivity index (χ0) is 10.1. The molecule has 0 aliphatic rings. The molecule has 0 aliphatic carbocycles. The van der Waals surface area contributed by atoms with Gasteiger partial charge in [-0.2, -0.15) is 0 Å². The normalized spacial score (nSPS) is 9.38. The third-order valence-electron chi connectivity index (χ3n) is 0.778. The van der Waals surface area contributed by atoms with Crippen LogP contribution in [0.1, 0.15) is 0 Å². The molecule has 0 fully saturated rings. The Labute approximate surface area is 79.9 Å². The average molecular weight is 210 g/mol. The highest BCUT2D eigenvalue weighted by molar-refractivity contribution is 7.90. The lowest BCUT2D eigenvalue weighted by molar-refractivity contribution is -0.140. The molecule has 0 saturated carbocycles. The maximum atomic E-state index is 10.6. The van der Waals surface area contributed by atoms with Gasteiger partial charge >= 0.3 is 11.9 Å². The Morgan fingerprint density at radius 3 is 1.69 bits per heavy atom. The summed E-state index contributed by atoms with van der Waals surface area (Å²) >= 11 is 0.290. The van der Waals surface area contributed by atoms with Crippen LogP contribution in [0.4, 0.5) is 0 Å². The summed E-state index contributed by atoms with van der Waals surface area (Å²) in [5.74, 6) is -1.25. The van der Waals surface area contributed by atoms with Crippen LogP contribution < -0.4 is 0 Å². The first-order chi connectivity index (χ1) is 6.20. The molecule has 13 heavy (non-hydrogen) atoms. The van der Waals surface area contributed by atoms with E-state index in [-0.39, 0.29) is 13.2 Å². The van der Waals surface area contributed by atoms with Gasteiger partial charge in [-0.05, 0) is 0 Å². The van der Waals surface area contributed by atoms with Crippen molar-refractivity contribution in [1.82, 2.24) is 0 Å². The van der Waals surface area contributed by atoms with Crippen molar-refractivity contribution >= 4 is 24.3 Å². The van der Waals surface area contributed by atoms with Crippen LogP contribution in [0.5, 0.6) is 0 Å². The van der Waals surface area contributed by atoms with Crippen LogP contribution in [0.15, 0.2) is 0 Å². The number of hydrogen-bond donors (Lipinski definition) is 0. The van der Waals surface area contributed by atoms with Gasteiger partial charge in [-0.3, -0.25) is 0 Å². The second kappa shape index (κ2) is 7.84. The molecule has 7 heteroatoms. The third-order valence-corrected chi connectivity index (χ3v) is 1.29. The Morgan fingerprint density at radius 2 is 1.38 bits per heavy atom. The predicted molar refractivity (Wildman–Crippen MR) is 43.5 cm³/mol. The first-order valence-electron chi connectivity index (χ1n) is 3.25. The van der Waals surface area contributed by atoms with Crippen LogP contribution in [0.25, 0.3) is 0 Å². The lowest BCUT2D eigenvalue weighted by Crippen LogP contribution is -2.10. The number of rotatable bonds is 6. The van der Waals surface area contributed by atoms with Crippen molar-refractivity contribution in [1.29, 1.82) is 0 Å². The molecule has 0 aliphatic heterocycles. The van der Waals surface area contributed by atoms with Gasteiger partial charge < -0.3 is 17.8 Å². The highest BCUT2D eigenvalue weighted by Crippen LogP contribution is 2.05. The van der Waals surface area contributed by atoms with Gasteiger partial charge in [0.2, 0.25) is 0 Å². The molecule has 0 rings (SSSR count). The van der Waals surface area contributed by atoms with E-state index in [9.17, 15) is 9.59 Å². The first kappa shape index (κ1) is 12.2. The summed E-state index contributed by atoms with van der Waals surface area (Å²) in [4.78, 5) is 21.2. The van der Waals surface area contributed by atoms with E-state index < -0.39 is 11.9 Å². The monoisotopic (exact) mass is 210 g/mol. The topological polar surface area (TPSA) is 71.1 Å². The number of ether oxygens (including phenoxy) is 2. The molecule has 0 amide bonds. The summed E-state index contributed by atoms with van der Waals surface area (Å²) < 4.78 is 17.6. The molecule has 0 aromatic carbocycles. The molecular weight excluding hydrogens is 200 g/mol. The number of hydrogen-bond acceptors (Lipinski definition) is 7. The first-order valence-corrected chi connectivity index (χ1v) is 3.92. The standard InChI is InChI=1S/C6H10O6S/c1-9-3-5(7)11-13-12-6(8)4-10-2/h3-4H2,1-2H3. The summed E-state index contributed by atoms with van der Waals surface area (Å²) in [5, 5.41) is 0. The van der Waals surface area contributed by atoms with Crippen molar-refractivity contribution in [2.45, 2.75) is 0 Å². The fourth-order valence-electron chi connectivity index (χ4n) is 0.377. The summed E-state index contributed by atoms with van der Waals surface area (Å²) in [6, 6.07) is 0. The zero-order valence-electron chi connectivity index (χ0n) is 7.27. The number of carbonyl (C=O) groups excluding carboxylic acids is 2. The van der Waals surface area contributed by atoms with Crippen molar-refractivity contribution in [3.05, 3.63) is 0 Å². The van der Waals surface area contributed by atoms with Gasteiger partial charge in [0.05, 0.1) is 0 Å². The summed E-state index contributed by atoms with van der Waals surface area (Å²) in [5.41, 5.74) is 0. The largest absolute Gasteiger partial charge is 0.373 e. The minimum absolute atomic E-state index is 0.186. The van der Waals surface area contributed by atoms with Crippen molar-refractivity contribution in [2.75, 3.05) is 27.4 Å². The minimum atomic E-state index is -0.627. The molecule has 0 atom stereocenters. The Bertz CT molecular complexity index is 153. The van der Waals surface area contributed by atoms with E-state index >= 15 is 0 Å². The molecule has 0 bridgehead atoms. The van der Waals surface area contributed by atoms with Gasteiger partial charge in [-0.25, -0.2) is 9.59 Å².